The fraction of sp³-hybridized carbons (Fsp3) is 0.250. The van der Waals surface area contributed by atoms with Gasteiger partial charge in [-0.05, 0) is 61.7 Å². The van der Waals surface area contributed by atoms with Gasteiger partial charge in [-0.1, -0.05) is 0 Å². The average Bonchev–Trinajstić information content (AvgIpc) is 3.09. The Morgan fingerprint density at radius 1 is 1.25 bits per heavy atom. The van der Waals surface area contributed by atoms with E-state index < -0.39 is 21.7 Å². The van der Waals surface area contributed by atoms with Crippen LogP contribution in [0, 0.1) is 11.6 Å². The predicted octanol–water partition coefficient (Wildman–Crippen LogP) is 3.66. The highest BCUT2D eigenvalue weighted by Gasteiger charge is 2.31. The Kier molecular flexibility index (Phi) is 4.76. The topological polar surface area (TPSA) is 64.0 Å². The molecule has 2 aromatic heterocycles. The van der Waals surface area contributed by atoms with E-state index in [1.54, 1.807) is 6.20 Å². The first-order chi connectivity index (χ1) is 13.4. The smallest absolute Gasteiger partial charge is 0.269 e. The second-order valence-corrected chi connectivity index (χ2v) is 8.57. The molecule has 3 aromatic rings. The molecular weight excluding hydrogens is 384 g/mol. The Labute approximate surface area is 162 Å². The summed E-state index contributed by atoms with van der Waals surface area (Å²) in [5.41, 5.74) is 1.90. The minimum Gasteiger partial charge on any atom is -0.313 e. The van der Waals surface area contributed by atoms with Crippen LogP contribution >= 0.6 is 0 Å². The van der Waals surface area contributed by atoms with E-state index in [0.717, 1.165) is 40.1 Å². The van der Waals surface area contributed by atoms with Crippen molar-refractivity contribution in [1.29, 1.82) is 0 Å². The molecule has 8 heteroatoms. The number of fused-ring (bicyclic) bond motifs is 1. The van der Waals surface area contributed by atoms with Crippen molar-refractivity contribution in [2.24, 2.45) is 0 Å². The number of aromatic nitrogens is 2. The Bertz CT molecular complexity index is 1130. The van der Waals surface area contributed by atoms with E-state index in [4.69, 9.17) is 0 Å². The van der Waals surface area contributed by atoms with Gasteiger partial charge in [-0.25, -0.2) is 21.2 Å². The van der Waals surface area contributed by atoms with Gasteiger partial charge in [0.25, 0.3) is 10.0 Å². The summed E-state index contributed by atoms with van der Waals surface area (Å²) in [6, 6.07) is 6.15. The van der Waals surface area contributed by atoms with Crippen LogP contribution in [0.15, 0.2) is 53.8 Å². The third kappa shape index (κ3) is 3.02. The van der Waals surface area contributed by atoms with Gasteiger partial charge >= 0.3 is 0 Å². The van der Waals surface area contributed by atoms with Crippen LogP contribution in [0.25, 0.3) is 11.3 Å². The number of hydrogen-bond donors (Lipinski definition) is 1. The summed E-state index contributed by atoms with van der Waals surface area (Å²) in [5.74, 6) is -1.51. The maximum atomic E-state index is 14.7. The monoisotopic (exact) mass is 403 g/mol. The van der Waals surface area contributed by atoms with Gasteiger partial charge < -0.3 is 5.32 Å². The molecule has 0 radical (unpaired) electrons. The van der Waals surface area contributed by atoms with Crippen LogP contribution in [0.4, 0.5) is 8.78 Å². The summed E-state index contributed by atoms with van der Waals surface area (Å²) in [6.45, 7) is 0. The van der Waals surface area contributed by atoms with Gasteiger partial charge in [0.15, 0.2) is 0 Å². The van der Waals surface area contributed by atoms with Gasteiger partial charge in [0, 0.05) is 36.3 Å². The lowest BCUT2D eigenvalue weighted by molar-refractivity contribution is 0.499. The summed E-state index contributed by atoms with van der Waals surface area (Å²) in [5, 5.41) is 3.19. The third-order valence-electron chi connectivity index (χ3n) is 5.13. The lowest BCUT2D eigenvalue weighted by Crippen LogP contribution is -2.20. The minimum atomic E-state index is -4.00. The van der Waals surface area contributed by atoms with Crippen LogP contribution in [0.3, 0.4) is 0 Å². The number of hydrogen-bond acceptors (Lipinski definition) is 4. The highest BCUT2D eigenvalue weighted by molar-refractivity contribution is 7.90. The first-order valence-corrected chi connectivity index (χ1v) is 10.4. The van der Waals surface area contributed by atoms with Crippen molar-refractivity contribution >= 4 is 10.0 Å². The second-order valence-electron chi connectivity index (χ2n) is 6.76. The van der Waals surface area contributed by atoms with Gasteiger partial charge in [-0.2, -0.15) is 0 Å². The maximum absolute atomic E-state index is 14.7. The average molecular weight is 403 g/mol. The number of halogens is 2. The first-order valence-electron chi connectivity index (χ1n) is 8.96. The number of rotatable bonds is 4. The lowest BCUT2D eigenvalue weighted by atomic mass is 9.88. The molecular formula is C20H19F2N3O2S. The van der Waals surface area contributed by atoms with Crippen LogP contribution in [0.5, 0.6) is 0 Å². The summed E-state index contributed by atoms with van der Waals surface area (Å²) < 4.78 is 55.9. The van der Waals surface area contributed by atoms with Gasteiger partial charge in [-0.3, -0.25) is 4.98 Å². The van der Waals surface area contributed by atoms with E-state index in [-0.39, 0.29) is 22.2 Å². The van der Waals surface area contributed by atoms with Gasteiger partial charge in [0.1, 0.15) is 16.5 Å². The Hall–Kier alpha value is -2.58. The van der Waals surface area contributed by atoms with Crippen molar-refractivity contribution in [3.8, 4) is 11.3 Å². The van der Waals surface area contributed by atoms with Crippen molar-refractivity contribution in [3.05, 3.63) is 71.7 Å². The number of nitrogens with one attached hydrogen (secondary N) is 1. The van der Waals surface area contributed by atoms with E-state index in [1.807, 2.05) is 7.05 Å². The fourth-order valence-electron chi connectivity index (χ4n) is 3.81. The molecule has 5 nitrogen and oxygen atoms in total. The molecule has 0 spiro atoms. The number of pyridine rings is 1. The van der Waals surface area contributed by atoms with Crippen molar-refractivity contribution < 1.29 is 17.2 Å². The van der Waals surface area contributed by atoms with E-state index in [2.05, 4.69) is 10.3 Å². The van der Waals surface area contributed by atoms with Crippen LogP contribution in [-0.4, -0.2) is 24.4 Å². The molecule has 28 heavy (non-hydrogen) atoms. The first kappa shape index (κ1) is 18.8. The number of benzene rings is 1. The second kappa shape index (κ2) is 7.10. The van der Waals surface area contributed by atoms with Crippen LogP contribution < -0.4 is 5.32 Å². The third-order valence-corrected chi connectivity index (χ3v) is 6.78. The molecule has 1 aliphatic carbocycles. The Balaban J connectivity index is 2.02. The summed E-state index contributed by atoms with van der Waals surface area (Å²) in [6.07, 6.45) is 6.61. The molecule has 1 unspecified atom stereocenters. The zero-order valence-electron chi connectivity index (χ0n) is 15.2. The van der Waals surface area contributed by atoms with E-state index in [9.17, 15) is 17.2 Å². The van der Waals surface area contributed by atoms with E-state index in [1.165, 1.54) is 30.6 Å². The van der Waals surface area contributed by atoms with Crippen molar-refractivity contribution in [2.45, 2.75) is 30.2 Å². The molecule has 146 valence electrons. The normalized spacial score (nSPS) is 16.8. The molecule has 0 saturated heterocycles. The maximum Gasteiger partial charge on any atom is 0.269 e. The zero-order chi connectivity index (χ0) is 19.9. The quantitative estimate of drug-likeness (QED) is 0.722. The van der Waals surface area contributed by atoms with Crippen molar-refractivity contribution in [2.75, 3.05) is 7.05 Å². The summed E-state index contributed by atoms with van der Waals surface area (Å²) in [4.78, 5) is 3.90. The van der Waals surface area contributed by atoms with Crippen molar-refractivity contribution in [1.82, 2.24) is 14.3 Å². The minimum absolute atomic E-state index is 0.00660. The lowest BCUT2D eigenvalue weighted by Gasteiger charge is -2.22. The highest BCUT2D eigenvalue weighted by Crippen LogP contribution is 2.40. The molecule has 4 rings (SSSR count). The van der Waals surface area contributed by atoms with Gasteiger partial charge in [-0.15, -0.1) is 0 Å². The highest BCUT2D eigenvalue weighted by atomic mass is 32.2. The molecule has 0 saturated carbocycles. The van der Waals surface area contributed by atoms with Gasteiger partial charge in [0.2, 0.25) is 0 Å². The van der Waals surface area contributed by atoms with E-state index >= 15 is 0 Å². The van der Waals surface area contributed by atoms with Crippen molar-refractivity contribution in [3.63, 3.8) is 0 Å². The number of nitrogens with zero attached hydrogens (tertiary/aromatic N) is 2. The molecule has 1 aromatic carbocycles. The Morgan fingerprint density at radius 2 is 2.07 bits per heavy atom. The Morgan fingerprint density at radius 3 is 2.75 bits per heavy atom. The standard InChI is InChI=1S/C20H19F2N3O2S/c1-23-19-6-2-5-15-17(19)12-25(28(26,27)14-4-3-9-24-11-14)20(15)16-8-7-13(21)10-18(16)22/h3-4,7-12,19,23H,2,5-6H2,1H3. The van der Waals surface area contributed by atoms with Gasteiger partial charge in [0.05, 0.1) is 5.69 Å². The molecule has 1 aliphatic rings. The predicted molar refractivity (Wildman–Crippen MR) is 101 cm³/mol. The summed E-state index contributed by atoms with van der Waals surface area (Å²) >= 11 is 0. The molecule has 1 N–H and O–H groups in total. The van der Waals surface area contributed by atoms with Crippen LogP contribution in [0.1, 0.15) is 30.0 Å². The zero-order valence-corrected chi connectivity index (χ0v) is 16.0. The van der Waals surface area contributed by atoms with Crippen LogP contribution in [-0.2, 0) is 16.4 Å². The molecule has 0 bridgehead atoms. The fourth-order valence-corrected chi connectivity index (χ4v) is 5.18. The molecule has 1 atom stereocenters. The molecule has 0 aliphatic heterocycles. The summed E-state index contributed by atoms with van der Waals surface area (Å²) in [7, 11) is -2.19. The molecule has 2 heterocycles. The largest absolute Gasteiger partial charge is 0.313 e. The SMILES string of the molecule is CNC1CCCc2c1cn(S(=O)(=O)c1cccnc1)c2-c1ccc(F)cc1F. The molecule has 0 fully saturated rings. The van der Waals surface area contributed by atoms with E-state index in [0.29, 0.717) is 6.42 Å². The molecule has 0 amide bonds. The van der Waals surface area contributed by atoms with Crippen LogP contribution in [0.2, 0.25) is 0 Å².